The lowest BCUT2D eigenvalue weighted by Crippen LogP contribution is -1.90. The summed E-state index contributed by atoms with van der Waals surface area (Å²) in [4.78, 5) is 9.60. The van der Waals surface area contributed by atoms with Crippen LogP contribution in [-0.4, -0.2) is 23.3 Å². The first-order chi connectivity index (χ1) is 6.77. The van der Waals surface area contributed by atoms with E-state index in [4.69, 9.17) is 10.2 Å². The van der Waals surface area contributed by atoms with E-state index in [1.54, 1.807) is 0 Å². The number of carbonyl (C=O) groups is 1. The van der Waals surface area contributed by atoms with Crippen LogP contribution in [0.3, 0.4) is 0 Å². The van der Waals surface area contributed by atoms with Crippen molar-refractivity contribution in [2.75, 3.05) is 7.11 Å². The fraction of sp³-hybridized carbons (Fsp3) is 0.909. The standard InChI is InChI=1S/C6H12.C4H8O2.CH4O/c1-2-4-6-5-3-1;1-2-3-4(5)6;1-2/h1-6H2;2-3H2,1H3,(H,5,6);2H,1H3. The largest absolute Gasteiger partial charge is 0.481 e. The second kappa shape index (κ2) is 14.9. The van der Waals surface area contributed by atoms with Crippen LogP contribution in [0.4, 0.5) is 0 Å². The van der Waals surface area contributed by atoms with E-state index in [1.807, 2.05) is 6.92 Å². The molecule has 0 heterocycles. The minimum Gasteiger partial charge on any atom is -0.481 e. The molecule has 1 fully saturated rings. The quantitative estimate of drug-likeness (QED) is 0.727. The van der Waals surface area contributed by atoms with Crippen molar-refractivity contribution in [2.45, 2.75) is 58.3 Å². The summed E-state index contributed by atoms with van der Waals surface area (Å²) >= 11 is 0. The lowest BCUT2D eigenvalue weighted by Gasteiger charge is -2.05. The topological polar surface area (TPSA) is 57.5 Å². The van der Waals surface area contributed by atoms with E-state index < -0.39 is 5.97 Å². The molecule has 3 heteroatoms. The normalized spacial score (nSPS) is 14.2. The van der Waals surface area contributed by atoms with Gasteiger partial charge in [-0.25, -0.2) is 0 Å². The summed E-state index contributed by atoms with van der Waals surface area (Å²) in [6, 6.07) is 0. The van der Waals surface area contributed by atoms with Crippen LogP contribution in [0.15, 0.2) is 0 Å². The molecule has 1 aliphatic rings. The number of rotatable bonds is 2. The molecule has 0 aromatic carbocycles. The van der Waals surface area contributed by atoms with Crippen molar-refractivity contribution >= 4 is 5.97 Å². The molecule has 0 amide bonds. The highest BCUT2D eigenvalue weighted by molar-refractivity contribution is 5.66. The minimum absolute atomic E-state index is 0.292. The van der Waals surface area contributed by atoms with Gasteiger partial charge in [-0.1, -0.05) is 45.4 Å². The molecule has 1 saturated carbocycles. The molecule has 1 aliphatic carbocycles. The van der Waals surface area contributed by atoms with Crippen LogP contribution in [-0.2, 0) is 4.79 Å². The Hall–Kier alpha value is -0.570. The first kappa shape index (κ1) is 15.9. The second-order valence-electron chi connectivity index (χ2n) is 3.27. The van der Waals surface area contributed by atoms with Gasteiger partial charge in [0.2, 0.25) is 0 Å². The summed E-state index contributed by atoms with van der Waals surface area (Å²) in [7, 11) is 1.00. The van der Waals surface area contributed by atoms with Gasteiger partial charge in [0.25, 0.3) is 0 Å². The maximum absolute atomic E-state index is 9.60. The summed E-state index contributed by atoms with van der Waals surface area (Å²) < 4.78 is 0. The van der Waals surface area contributed by atoms with Crippen LogP contribution >= 0.6 is 0 Å². The molecule has 0 atom stereocenters. The zero-order valence-electron chi connectivity index (χ0n) is 9.46. The third-order valence-electron chi connectivity index (χ3n) is 1.96. The van der Waals surface area contributed by atoms with E-state index in [-0.39, 0.29) is 0 Å². The Bertz CT molecular complexity index is 97.6. The van der Waals surface area contributed by atoms with Gasteiger partial charge in [-0.15, -0.1) is 0 Å². The molecule has 2 N–H and O–H groups in total. The van der Waals surface area contributed by atoms with Crippen molar-refractivity contribution in [3.63, 3.8) is 0 Å². The number of carboxylic acids is 1. The van der Waals surface area contributed by atoms with Crippen LogP contribution in [0.25, 0.3) is 0 Å². The summed E-state index contributed by atoms with van der Waals surface area (Å²) in [6.45, 7) is 1.84. The maximum atomic E-state index is 9.60. The third kappa shape index (κ3) is 17.5. The maximum Gasteiger partial charge on any atom is 0.303 e. The number of hydrogen-bond donors (Lipinski definition) is 2. The molecular formula is C11H24O3. The van der Waals surface area contributed by atoms with Gasteiger partial charge in [0.05, 0.1) is 0 Å². The van der Waals surface area contributed by atoms with Crippen molar-refractivity contribution in [3.05, 3.63) is 0 Å². The van der Waals surface area contributed by atoms with Crippen molar-refractivity contribution in [1.82, 2.24) is 0 Å². The predicted molar refractivity (Wildman–Crippen MR) is 58.4 cm³/mol. The molecule has 14 heavy (non-hydrogen) atoms. The Morgan fingerprint density at radius 3 is 1.36 bits per heavy atom. The lowest BCUT2D eigenvalue weighted by molar-refractivity contribution is -0.137. The molecular weight excluding hydrogens is 180 g/mol. The second-order valence-corrected chi connectivity index (χ2v) is 3.27. The van der Waals surface area contributed by atoms with E-state index >= 15 is 0 Å². The van der Waals surface area contributed by atoms with E-state index in [9.17, 15) is 4.79 Å². The van der Waals surface area contributed by atoms with Crippen molar-refractivity contribution < 1.29 is 15.0 Å². The molecule has 0 bridgehead atoms. The first-order valence-electron chi connectivity index (χ1n) is 5.44. The first-order valence-corrected chi connectivity index (χ1v) is 5.44. The molecule has 0 unspecified atom stereocenters. The minimum atomic E-state index is -0.711. The van der Waals surface area contributed by atoms with Gasteiger partial charge in [-0.3, -0.25) is 4.79 Å². The van der Waals surface area contributed by atoms with Crippen LogP contribution in [0.1, 0.15) is 58.3 Å². The van der Waals surface area contributed by atoms with Crippen LogP contribution in [0, 0.1) is 0 Å². The average Bonchev–Trinajstić information content (AvgIpc) is 2.24. The van der Waals surface area contributed by atoms with Crippen LogP contribution in [0.2, 0.25) is 0 Å². The fourth-order valence-electron chi connectivity index (χ4n) is 1.27. The Morgan fingerprint density at radius 1 is 1.00 bits per heavy atom. The average molecular weight is 204 g/mol. The summed E-state index contributed by atoms with van der Waals surface area (Å²) in [5.41, 5.74) is 0. The molecule has 0 saturated heterocycles. The monoisotopic (exact) mass is 204 g/mol. The zero-order chi connectivity index (χ0) is 11.2. The zero-order valence-corrected chi connectivity index (χ0v) is 9.46. The van der Waals surface area contributed by atoms with Gasteiger partial charge < -0.3 is 10.2 Å². The molecule has 0 aliphatic heterocycles. The number of aliphatic hydroxyl groups excluding tert-OH is 1. The Morgan fingerprint density at radius 2 is 1.29 bits per heavy atom. The Kier molecular flexibility index (Phi) is 16.9. The van der Waals surface area contributed by atoms with Crippen LogP contribution in [0.5, 0.6) is 0 Å². The number of hydrogen-bond acceptors (Lipinski definition) is 2. The summed E-state index contributed by atoms with van der Waals surface area (Å²) in [6.07, 6.45) is 10.0. The van der Waals surface area contributed by atoms with Gasteiger partial charge in [-0.05, 0) is 6.42 Å². The molecule has 86 valence electrons. The Labute approximate surface area is 87.1 Å². The predicted octanol–water partition coefficient (Wildman–Crippen LogP) is 2.82. The SMILES string of the molecule is C1CCCCC1.CCCC(=O)O.CO. The molecule has 3 nitrogen and oxygen atoms in total. The summed E-state index contributed by atoms with van der Waals surface area (Å²) in [5, 5.41) is 14.9. The highest BCUT2D eigenvalue weighted by atomic mass is 16.4. The fourth-order valence-corrected chi connectivity index (χ4v) is 1.27. The van der Waals surface area contributed by atoms with Crippen molar-refractivity contribution in [2.24, 2.45) is 0 Å². The number of carboxylic acid groups (broad SMARTS) is 1. The highest BCUT2D eigenvalue weighted by Gasteiger charge is 1.95. The third-order valence-corrected chi connectivity index (χ3v) is 1.96. The molecule has 1 rings (SSSR count). The van der Waals surface area contributed by atoms with Gasteiger partial charge in [0.1, 0.15) is 0 Å². The van der Waals surface area contributed by atoms with E-state index in [2.05, 4.69) is 0 Å². The number of aliphatic carboxylic acids is 1. The highest BCUT2D eigenvalue weighted by Crippen LogP contribution is 2.15. The summed E-state index contributed by atoms with van der Waals surface area (Å²) in [5.74, 6) is -0.711. The van der Waals surface area contributed by atoms with E-state index in [0.29, 0.717) is 6.42 Å². The van der Waals surface area contributed by atoms with Gasteiger partial charge in [0.15, 0.2) is 0 Å². The molecule has 0 spiro atoms. The van der Waals surface area contributed by atoms with E-state index in [1.165, 1.54) is 38.5 Å². The van der Waals surface area contributed by atoms with Crippen molar-refractivity contribution in [1.29, 1.82) is 0 Å². The van der Waals surface area contributed by atoms with Gasteiger partial charge in [0, 0.05) is 13.5 Å². The van der Waals surface area contributed by atoms with Crippen molar-refractivity contribution in [3.8, 4) is 0 Å². The van der Waals surface area contributed by atoms with Gasteiger partial charge in [-0.2, -0.15) is 0 Å². The molecule has 0 aromatic heterocycles. The van der Waals surface area contributed by atoms with Gasteiger partial charge >= 0.3 is 5.97 Å². The lowest BCUT2D eigenvalue weighted by atomic mass is 10.0. The number of aliphatic hydroxyl groups is 1. The van der Waals surface area contributed by atoms with Crippen LogP contribution < -0.4 is 0 Å². The van der Waals surface area contributed by atoms with E-state index in [0.717, 1.165) is 13.5 Å². The smallest absolute Gasteiger partial charge is 0.303 e. The molecule has 0 radical (unpaired) electrons. The Balaban J connectivity index is 0. The molecule has 0 aromatic rings.